The lowest BCUT2D eigenvalue weighted by Crippen LogP contribution is -2.02. The Morgan fingerprint density at radius 1 is 1.33 bits per heavy atom. The van der Waals surface area contributed by atoms with Gasteiger partial charge < -0.3 is 9.67 Å². The van der Waals surface area contributed by atoms with Gasteiger partial charge in [-0.2, -0.15) is 5.26 Å². The standard InChI is InChI=1S/C16H11N3O2/c17-9-14-13(2-1-6-18-14)10-19-7-5-11-8-12(16(20)21)3-4-15(11)19/h1-8H,10H2,(H,20,21). The molecular weight excluding hydrogens is 266 g/mol. The van der Waals surface area contributed by atoms with Crippen molar-refractivity contribution in [2.75, 3.05) is 0 Å². The third-order valence-electron chi connectivity index (χ3n) is 3.36. The maximum Gasteiger partial charge on any atom is 0.335 e. The number of nitriles is 1. The third kappa shape index (κ3) is 2.35. The Morgan fingerprint density at radius 3 is 2.95 bits per heavy atom. The van der Waals surface area contributed by atoms with Gasteiger partial charge in [0.15, 0.2) is 0 Å². The summed E-state index contributed by atoms with van der Waals surface area (Å²) < 4.78 is 1.97. The van der Waals surface area contributed by atoms with Crippen LogP contribution in [0.1, 0.15) is 21.6 Å². The summed E-state index contributed by atoms with van der Waals surface area (Å²) in [6, 6.07) is 12.6. The number of carbonyl (C=O) groups is 1. The second-order valence-electron chi connectivity index (χ2n) is 4.65. The van der Waals surface area contributed by atoms with E-state index in [9.17, 15) is 4.79 Å². The molecule has 5 heteroatoms. The highest BCUT2D eigenvalue weighted by molar-refractivity contribution is 5.93. The summed E-state index contributed by atoms with van der Waals surface area (Å²) in [5.41, 5.74) is 2.42. The molecule has 0 atom stereocenters. The Morgan fingerprint density at radius 2 is 2.19 bits per heavy atom. The first-order valence-corrected chi connectivity index (χ1v) is 6.35. The zero-order valence-corrected chi connectivity index (χ0v) is 11.0. The minimum atomic E-state index is -0.941. The zero-order valence-electron chi connectivity index (χ0n) is 11.0. The van der Waals surface area contributed by atoms with Gasteiger partial charge >= 0.3 is 5.97 Å². The molecule has 0 aliphatic rings. The molecule has 0 aliphatic carbocycles. The predicted molar refractivity (Wildman–Crippen MR) is 77.0 cm³/mol. The maximum atomic E-state index is 11.0. The molecule has 0 saturated heterocycles. The molecule has 0 radical (unpaired) electrons. The first-order valence-electron chi connectivity index (χ1n) is 6.35. The van der Waals surface area contributed by atoms with E-state index in [-0.39, 0.29) is 5.56 Å². The van der Waals surface area contributed by atoms with Gasteiger partial charge in [-0.25, -0.2) is 9.78 Å². The van der Waals surface area contributed by atoms with Crippen molar-refractivity contribution in [3.05, 3.63) is 65.6 Å². The van der Waals surface area contributed by atoms with E-state index >= 15 is 0 Å². The molecule has 2 heterocycles. The number of hydrogen-bond acceptors (Lipinski definition) is 3. The number of fused-ring (bicyclic) bond motifs is 1. The van der Waals surface area contributed by atoms with Crippen molar-refractivity contribution < 1.29 is 9.90 Å². The number of benzene rings is 1. The summed E-state index contributed by atoms with van der Waals surface area (Å²) >= 11 is 0. The molecule has 0 aliphatic heterocycles. The van der Waals surface area contributed by atoms with Gasteiger partial charge in [-0.05, 0) is 30.3 Å². The lowest BCUT2D eigenvalue weighted by molar-refractivity contribution is 0.0697. The van der Waals surface area contributed by atoms with Crippen molar-refractivity contribution in [3.8, 4) is 6.07 Å². The van der Waals surface area contributed by atoms with Crippen molar-refractivity contribution in [1.82, 2.24) is 9.55 Å². The number of carboxylic acids is 1. The molecule has 0 saturated carbocycles. The van der Waals surface area contributed by atoms with Crippen LogP contribution in [0.25, 0.3) is 10.9 Å². The molecule has 102 valence electrons. The smallest absolute Gasteiger partial charge is 0.335 e. The van der Waals surface area contributed by atoms with Crippen molar-refractivity contribution in [2.45, 2.75) is 6.54 Å². The third-order valence-corrected chi connectivity index (χ3v) is 3.36. The van der Waals surface area contributed by atoms with Crippen LogP contribution in [0.15, 0.2) is 48.8 Å². The number of aromatic carboxylic acids is 1. The summed E-state index contributed by atoms with van der Waals surface area (Å²) in [6.07, 6.45) is 3.47. The van der Waals surface area contributed by atoms with E-state index in [0.29, 0.717) is 12.2 Å². The van der Waals surface area contributed by atoms with Crippen LogP contribution in [0.5, 0.6) is 0 Å². The number of aromatic nitrogens is 2. The van der Waals surface area contributed by atoms with Gasteiger partial charge in [0.2, 0.25) is 0 Å². The van der Waals surface area contributed by atoms with E-state index in [4.69, 9.17) is 10.4 Å². The normalized spacial score (nSPS) is 10.4. The highest BCUT2D eigenvalue weighted by Gasteiger charge is 2.08. The summed E-state index contributed by atoms with van der Waals surface area (Å²) in [6.45, 7) is 0.520. The monoisotopic (exact) mass is 277 g/mol. The predicted octanol–water partition coefficient (Wildman–Crippen LogP) is 2.65. The van der Waals surface area contributed by atoms with Gasteiger partial charge in [0, 0.05) is 28.9 Å². The highest BCUT2D eigenvalue weighted by atomic mass is 16.4. The second-order valence-corrected chi connectivity index (χ2v) is 4.65. The van der Waals surface area contributed by atoms with Gasteiger partial charge in [-0.1, -0.05) is 6.07 Å². The van der Waals surface area contributed by atoms with Gasteiger partial charge in [0.1, 0.15) is 11.8 Å². The van der Waals surface area contributed by atoms with Crippen LogP contribution in [0.3, 0.4) is 0 Å². The molecule has 0 fully saturated rings. The SMILES string of the molecule is N#Cc1ncccc1Cn1ccc2cc(C(=O)O)ccc21. The molecular formula is C16H11N3O2. The van der Waals surface area contributed by atoms with Gasteiger partial charge in [-0.3, -0.25) is 0 Å². The molecule has 3 rings (SSSR count). The van der Waals surface area contributed by atoms with Crippen LogP contribution in [0, 0.1) is 11.3 Å². The first-order chi connectivity index (χ1) is 10.2. The largest absolute Gasteiger partial charge is 0.478 e. The quantitative estimate of drug-likeness (QED) is 0.798. The average Bonchev–Trinajstić information content (AvgIpc) is 2.90. The number of pyridine rings is 1. The Labute approximate surface area is 120 Å². The van der Waals surface area contributed by atoms with Gasteiger partial charge in [0.25, 0.3) is 0 Å². The van der Waals surface area contributed by atoms with Crippen molar-refractivity contribution in [2.24, 2.45) is 0 Å². The number of hydrogen-bond donors (Lipinski definition) is 1. The fraction of sp³-hybridized carbons (Fsp3) is 0.0625. The molecule has 1 N–H and O–H groups in total. The van der Waals surface area contributed by atoms with Crippen LogP contribution in [-0.2, 0) is 6.54 Å². The summed E-state index contributed by atoms with van der Waals surface area (Å²) in [7, 11) is 0. The second kappa shape index (κ2) is 5.10. The minimum absolute atomic E-state index is 0.263. The lowest BCUT2D eigenvalue weighted by atomic mass is 10.1. The Kier molecular flexibility index (Phi) is 3.13. The van der Waals surface area contributed by atoms with Crippen LogP contribution in [0.4, 0.5) is 0 Å². The van der Waals surface area contributed by atoms with Crippen LogP contribution in [0.2, 0.25) is 0 Å². The number of carboxylic acid groups (broad SMARTS) is 1. The van der Waals surface area contributed by atoms with E-state index in [1.807, 2.05) is 22.9 Å². The van der Waals surface area contributed by atoms with Gasteiger partial charge in [0.05, 0.1) is 12.1 Å². The molecule has 3 aromatic rings. The lowest BCUT2D eigenvalue weighted by Gasteiger charge is -2.07. The van der Waals surface area contributed by atoms with E-state index in [1.54, 1.807) is 30.5 Å². The van der Waals surface area contributed by atoms with Gasteiger partial charge in [-0.15, -0.1) is 0 Å². The fourth-order valence-electron chi connectivity index (χ4n) is 2.32. The Bertz CT molecular complexity index is 875. The topological polar surface area (TPSA) is 78.9 Å². The summed E-state index contributed by atoms with van der Waals surface area (Å²) in [4.78, 5) is 15.0. The van der Waals surface area contributed by atoms with E-state index in [0.717, 1.165) is 16.5 Å². The van der Waals surface area contributed by atoms with E-state index < -0.39 is 5.97 Å². The molecule has 0 bridgehead atoms. The molecule has 5 nitrogen and oxygen atoms in total. The van der Waals surface area contributed by atoms with E-state index in [1.165, 1.54) is 0 Å². The molecule has 0 amide bonds. The number of nitrogens with zero attached hydrogens (tertiary/aromatic N) is 3. The van der Waals surface area contributed by atoms with Crippen LogP contribution in [-0.4, -0.2) is 20.6 Å². The summed E-state index contributed by atoms with van der Waals surface area (Å²) in [5, 5.41) is 18.9. The maximum absolute atomic E-state index is 11.0. The molecule has 0 spiro atoms. The van der Waals surface area contributed by atoms with E-state index in [2.05, 4.69) is 11.1 Å². The van der Waals surface area contributed by atoms with Crippen molar-refractivity contribution in [1.29, 1.82) is 5.26 Å². The van der Waals surface area contributed by atoms with Crippen molar-refractivity contribution in [3.63, 3.8) is 0 Å². The molecule has 21 heavy (non-hydrogen) atoms. The molecule has 0 unspecified atom stereocenters. The fourth-order valence-corrected chi connectivity index (χ4v) is 2.32. The Hall–Kier alpha value is -3.13. The minimum Gasteiger partial charge on any atom is -0.478 e. The Balaban J connectivity index is 2.02. The van der Waals surface area contributed by atoms with Crippen LogP contribution >= 0.6 is 0 Å². The molecule has 1 aromatic carbocycles. The average molecular weight is 277 g/mol. The van der Waals surface area contributed by atoms with Crippen LogP contribution < -0.4 is 0 Å². The molecule has 2 aromatic heterocycles. The zero-order chi connectivity index (χ0) is 14.8. The number of rotatable bonds is 3. The summed E-state index contributed by atoms with van der Waals surface area (Å²) in [5.74, 6) is -0.941. The first kappa shape index (κ1) is 12.9. The highest BCUT2D eigenvalue weighted by Crippen LogP contribution is 2.19. The van der Waals surface area contributed by atoms with Crippen molar-refractivity contribution >= 4 is 16.9 Å².